The number of hydrogen-bond donors (Lipinski definition) is 1. The summed E-state index contributed by atoms with van der Waals surface area (Å²) in [5.74, 6) is -0.615. The summed E-state index contributed by atoms with van der Waals surface area (Å²) < 4.78 is 19.4. The van der Waals surface area contributed by atoms with Crippen molar-refractivity contribution in [2.75, 3.05) is 6.61 Å². The number of rotatable bonds is 4. The van der Waals surface area contributed by atoms with Crippen LogP contribution in [-0.2, 0) is 9.53 Å². The molecule has 2 heterocycles. The third-order valence-corrected chi connectivity index (χ3v) is 4.34. The van der Waals surface area contributed by atoms with Crippen LogP contribution in [0, 0.1) is 5.82 Å². The largest absolute Gasteiger partial charge is 0.463 e. The first kappa shape index (κ1) is 16.6. The van der Waals surface area contributed by atoms with Crippen molar-refractivity contribution in [3.05, 3.63) is 63.0 Å². The molecule has 0 radical (unpaired) electrons. The molecule has 3 rings (SSSR count). The van der Waals surface area contributed by atoms with Gasteiger partial charge in [-0.15, -0.1) is 11.3 Å². The summed E-state index contributed by atoms with van der Waals surface area (Å²) in [5, 5.41) is 5.66. The van der Waals surface area contributed by atoms with Gasteiger partial charge in [-0.2, -0.15) is 0 Å². The summed E-state index contributed by atoms with van der Waals surface area (Å²) in [4.78, 5) is 20.8. The smallest absolute Gasteiger partial charge is 0.338 e. The fourth-order valence-corrected chi connectivity index (χ4v) is 3.02. The van der Waals surface area contributed by atoms with E-state index in [1.54, 1.807) is 19.2 Å². The Hall–Kier alpha value is -2.25. The van der Waals surface area contributed by atoms with Crippen LogP contribution in [-0.4, -0.2) is 23.4 Å². The zero-order valence-corrected chi connectivity index (χ0v) is 14.2. The number of aliphatic imine (C=N–C) groups is 1. The van der Waals surface area contributed by atoms with Crippen LogP contribution in [0.2, 0.25) is 5.02 Å². The number of amidine groups is 1. The van der Waals surface area contributed by atoms with Crippen LogP contribution in [0.3, 0.4) is 0 Å². The van der Waals surface area contributed by atoms with Crippen molar-refractivity contribution in [1.82, 2.24) is 10.3 Å². The number of nitrogens with zero attached hydrogens (tertiary/aromatic N) is 2. The van der Waals surface area contributed by atoms with E-state index >= 15 is 0 Å². The van der Waals surface area contributed by atoms with Crippen molar-refractivity contribution in [3.63, 3.8) is 0 Å². The average molecular weight is 366 g/mol. The number of aromatic nitrogens is 1. The van der Waals surface area contributed by atoms with Gasteiger partial charge in [0.05, 0.1) is 12.2 Å². The summed E-state index contributed by atoms with van der Waals surface area (Å²) in [6, 6.07) is 3.44. The van der Waals surface area contributed by atoms with Gasteiger partial charge in [0.25, 0.3) is 0 Å². The van der Waals surface area contributed by atoms with E-state index in [1.807, 2.05) is 5.38 Å². The topological polar surface area (TPSA) is 63.6 Å². The summed E-state index contributed by atoms with van der Waals surface area (Å²) in [5.41, 5.74) is 0.465. The third-order valence-electron chi connectivity index (χ3n) is 3.32. The second kappa shape index (κ2) is 7.11. The second-order valence-electron chi connectivity index (χ2n) is 4.85. The molecule has 24 heavy (non-hydrogen) atoms. The van der Waals surface area contributed by atoms with Crippen LogP contribution in [0.1, 0.15) is 23.5 Å². The van der Waals surface area contributed by atoms with Gasteiger partial charge in [-0.3, -0.25) is 4.99 Å². The van der Waals surface area contributed by atoms with Crippen molar-refractivity contribution >= 4 is 34.7 Å². The zero-order chi connectivity index (χ0) is 17.1. The summed E-state index contributed by atoms with van der Waals surface area (Å²) in [6.07, 6.45) is 3.13. The van der Waals surface area contributed by atoms with E-state index in [-0.39, 0.29) is 22.8 Å². The molecule has 0 amide bonds. The molecule has 0 saturated carbocycles. The van der Waals surface area contributed by atoms with Crippen LogP contribution in [0.5, 0.6) is 0 Å². The van der Waals surface area contributed by atoms with Crippen LogP contribution in [0.4, 0.5) is 4.39 Å². The number of esters is 1. The molecule has 1 aliphatic rings. The SMILES string of the molecule is CCOC(=O)C1=CNC(c2nccs2)=N[C@H]1c1ccc(Cl)cc1F. The van der Waals surface area contributed by atoms with Gasteiger partial charge in [-0.1, -0.05) is 17.7 Å². The van der Waals surface area contributed by atoms with Crippen LogP contribution in [0.15, 0.2) is 46.5 Å². The molecule has 0 fully saturated rings. The lowest BCUT2D eigenvalue weighted by atomic mass is 9.98. The van der Waals surface area contributed by atoms with Crippen molar-refractivity contribution < 1.29 is 13.9 Å². The Morgan fingerprint density at radius 1 is 1.50 bits per heavy atom. The molecule has 8 heteroatoms. The van der Waals surface area contributed by atoms with E-state index in [4.69, 9.17) is 16.3 Å². The Morgan fingerprint density at radius 2 is 2.33 bits per heavy atom. The highest BCUT2D eigenvalue weighted by atomic mass is 35.5. The lowest BCUT2D eigenvalue weighted by molar-refractivity contribution is -0.138. The molecule has 0 unspecified atom stereocenters. The van der Waals surface area contributed by atoms with Crippen molar-refractivity contribution in [3.8, 4) is 0 Å². The lowest BCUT2D eigenvalue weighted by Crippen LogP contribution is -2.29. The summed E-state index contributed by atoms with van der Waals surface area (Å²) in [6.45, 7) is 1.92. The molecular formula is C16H13ClFN3O2S. The molecule has 1 aromatic carbocycles. The molecule has 124 valence electrons. The Bertz CT molecular complexity index is 821. The third kappa shape index (κ3) is 3.32. The Balaban J connectivity index is 2.04. The van der Waals surface area contributed by atoms with E-state index in [9.17, 15) is 9.18 Å². The standard InChI is InChI=1S/C16H13ClFN3O2S/c1-2-23-16(22)11-8-20-14(15-19-5-6-24-15)21-13(11)10-4-3-9(17)7-12(10)18/h3-8,13H,2H2,1H3,(H,20,21)/t13-/m0/s1. The van der Waals surface area contributed by atoms with Gasteiger partial charge < -0.3 is 10.1 Å². The number of halogens is 2. The maximum Gasteiger partial charge on any atom is 0.338 e. The Labute approximate surface area is 146 Å². The number of benzene rings is 1. The predicted octanol–water partition coefficient (Wildman–Crippen LogP) is 3.47. The number of carbonyl (C=O) groups excluding carboxylic acids is 1. The fraction of sp³-hybridized carbons (Fsp3) is 0.188. The molecule has 1 aromatic heterocycles. The van der Waals surface area contributed by atoms with Crippen molar-refractivity contribution in [2.24, 2.45) is 4.99 Å². The lowest BCUT2D eigenvalue weighted by Gasteiger charge is -2.22. The minimum atomic E-state index is -0.832. The van der Waals surface area contributed by atoms with Crippen LogP contribution in [0.25, 0.3) is 0 Å². The zero-order valence-electron chi connectivity index (χ0n) is 12.6. The first-order valence-corrected chi connectivity index (χ1v) is 8.42. The molecule has 0 saturated heterocycles. The van der Waals surface area contributed by atoms with Crippen molar-refractivity contribution in [1.29, 1.82) is 0 Å². The maximum absolute atomic E-state index is 14.4. The molecule has 5 nitrogen and oxygen atoms in total. The second-order valence-corrected chi connectivity index (χ2v) is 6.18. The Morgan fingerprint density at radius 3 is 3.00 bits per heavy atom. The van der Waals surface area contributed by atoms with Gasteiger partial charge in [-0.25, -0.2) is 14.2 Å². The molecule has 1 atom stereocenters. The number of hydrogen-bond acceptors (Lipinski definition) is 6. The van der Waals surface area contributed by atoms with E-state index in [1.165, 1.54) is 29.7 Å². The first-order valence-electron chi connectivity index (χ1n) is 7.16. The molecule has 0 bridgehead atoms. The van der Waals surface area contributed by atoms with Crippen LogP contribution >= 0.6 is 22.9 Å². The number of carbonyl (C=O) groups is 1. The maximum atomic E-state index is 14.4. The molecular weight excluding hydrogens is 353 g/mol. The summed E-state index contributed by atoms with van der Waals surface area (Å²) in [7, 11) is 0. The highest BCUT2D eigenvalue weighted by Crippen LogP contribution is 2.32. The number of nitrogens with one attached hydrogen (secondary N) is 1. The molecule has 1 aliphatic heterocycles. The first-order chi connectivity index (χ1) is 11.6. The number of thiazole rings is 1. The number of ether oxygens (including phenoxy) is 1. The molecule has 2 aromatic rings. The minimum absolute atomic E-state index is 0.217. The normalized spacial score (nSPS) is 16.9. The van der Waals surface area contributed by atoms with Gasteiger partial charge in [0.15, 0.2) is 10.8 Å². The molecule has 0 aliphatic carbocycles. The van der Waals surface area contributed by atoms with E-state index in [0.717, 1.165) is 0 Å². The van der Waals surface area contributed by atoms with E-state index in [2.05, 4.69) is 15.3 Å². The monoisotopic (exact) mass is 365 g/mol. The highest BCUT2D eigenvalue weighted by Gasteiger charge is 2.30. The predicted molar refractivity (Wildman–Crippen MR) is 90.7 cm³/mol. The molecule has 1 N–H and O–H groups in total. The average Bonchev–Trinajstić information content (AvgIpc) is 3.09. The fourth-order valence-electron chi connectivity index (χ4n) is 2.26. The van der Waals surface area contributed by atoms with E-state index in [0.29, 0.717) is 10.8 Å². The van der Waals surface area contributed by atoms with Gasteiger partial charge in [-0.05, 0) is 19.1 Å². The van der Waals surface area contributed by atoms with Crippen molar-refractivity contribution in [2.45, 2.75) is 13.0 Å². The van der Waals surface area contributed by atoms with Gasteiger partial charge in [0.1, 0.15) is 11.9 Å². The van der Waals surface area contributed by atoms with Gasteiger partial charge in [0, 0.05) is 28.4 Å². The minimum Gasteiger partial charge on any atom is -0.463 e. The van der Waals surface area contributed by atoms with Gasteiger partial charge in [0.2, 0.25) is 0 Å². The summed E-state index contributed by atoms with van der Waals surface area (Å²) >= 11 is 7.20. The highest BCUT2D eigenvalue weighted by molar-refractivity contribution is 7.11. The van der Waals surface area contributed by atoms with E-state index < -0.39 is 17.8 Å². The van der Waals surface area contributed by atoms with Crippen LogP contribution < -0.4 is 5.32 Å². The van der Waals surface area contributed by atoms with Gasteiger partial charge >= 0.3 is 5.97 Å². The molecule has 0 spiro atoms. The Kier molecular flexibility index (Phi) is 4.92. The quantitative estimate of drug-likeness (QED) is 0.842.